The maximum atomic E-state index is 12.2. The number of terminal acetylenes is 4. The topological polar surface area (TPSA) is 203 Å². The van der Waals surface area contributed by atoms with Crippen molar-refractivity contribution in [3.63, 3.8) is 0 Å². The maximum absolute atomic E-state index is 12.2. The summed E-state index contributed by atoms with van der Waals surface area (Å²) in [7, 11) is 1.31. The Balaban J connectivity index is 0.00000123. The van der Waals surface area contributed by atoms with Crippen molar-refractivity contribution in [2.45, 2.75) is 176 Å². The molecule has 0 bridgehead atoms. The van der Waals surface area contributed by atoms with Gasteiger partial charge in [-0.25, -0.2) is 19.2 Å². The summed E-state index contributed by atoms with van der Waals surface area (Å²) in [6, 6.07) is 6.04. The highest BCUT2D eigenvalue weighted by Crippen LogP contribution is 2.33. The zero-order valence-electron chi connectivity index (χ0n) is 45.1. The smallest absolute Gasteiger partial charge is 0.407 e. The van der Waals surface area contributed by atoms with Gasteiger partial charge in [-0.2, -0.15) is 0 Å². The fourth-order valence-electron chi connectivity index (χ4n) is 5.89. The van der Waals surface area contributed by atoms with Crippen molar-refractivity contribution < 1.29 is 67.0 Å². The molecule has 73 heavy (non-hydrogen) atoms. The first-order valence-electron chi connectivity index (χ1n) is 24.3. The van der Waals surface area contributed by atoms with Gasteiger partial charge in [0.2, 0.25) is 0 Å². The summed E-state index contributed by atoms with van der Waals surface area (Å²) in [5, 5.41) is 14.9. The molecule has 0 saturated carbocycles. The van der Waals surface area contributed by atoms with Crippen LogP contribution in [0.25, 0.3) is 0 Å². The van der Waals surface area contributed by atoms with Crippen LogP contribution in [0.1, 0.15) is 178 Å². The van der Waals surface area contributed by atoms with Gasteiger partial charge in [0.05, 0.1) is 68.9 Å². The SMILES string of the molecule is C#CCCCCOc1cc(C(=O)O)cc(OCCCCC#C)c1CNC(=O)OC(C)(C)C.C#CCCCCOc1cc(C(=O)OC)cc(OCCCCC#C)c1CNC(=O)OC(C)(C)C.CC(=O)OC(C)(C)C. The maximum Gasteiger partial charge on any atom is 0.407 e. The Kier molecular flexibility index (Phi) is 32.3. The second-order valence-corrected chi connectivity index (χ2v) is 19.2. The molecule has 0 heterocycles. The summed E-state index contributed by atoms with van der Waals surface area (Å²) in [6.07, 6.45) is 28.7. The summed E-state index contributed by atoms with van der Waals surface area (Å²) < 4.78 is 43.9. The van der Waals surface area contributed by atoms with E-state index in [1.54, 1.807) is 53.7 Å². The van der Waals surface area contributed by atoms with Crippen LogP contribution in [0.2, 0.25) is 0 Å². The molecule has 0 fully saturated rings. The van der Waals surface area contributed by atoms with Crippen molar-refractivity contribution in [1.29, 1.82) is 0 Å². The van der Waals surface area contributed by atoms with Crippen LogP contribution in [0.3, 0.4) is 0 Å². The number of carbonyl (C=O) groups excluding carboxylic acids is 4. The zero-order chi connectivity index (χ0) is 55.5. The third kappa shape index (κ3) is 33.2. The molecule has 16 nitrogen and oxygen atoms in total. The van der Waals surface area contributed by atoms with E-state index in [0.717, 1.165) is 38.5 Å². The Morgan fingerprint density at radius 2 is 0.781 bits per heavy atom. The third-order valence-corrected chi connectivity index (χ3v) is 8.96. The first-order chi connectivity index (χ1) is 34.3. The molecule has 2 aromatic rings. The Hall–Kier alpha value is -7.17. The Labute approximate surface area is 435 Å². The van der Waals surface area contributed by atoms with Crippen molar-refractivity contribution in [3.8, 4) is 72.4 Å². The number of nitrogens with one attached hydrogen (secondary N) is 2. The van der Waals surface area contributed by atoms with E-state index in [4.69, 9.17) is 63.6 Å². The molecule has 0 aliphatic rings. The highest BCUT2D eigenvalue weighted by Gasteiger charge is 2.23. The lowest BCUT2D eigenvalue weighted by molar-refractivity contribution is -0.151. The van der Waals surface area contributed by atoms with E-state index in [2.05, 4.69) is 34.3 Å². The van der Waals surface area contributed by atoms with Crippen LogP contribution < -0.4 is 29.6 Å². The Bertz CT molecular complexity index is 2110. The fourth-order valence-corrected chi connectivity index (χ4v) is 5.89. The van der Waals surface area contributed by atoms with Gasteiger partial charge in [0, 0.05) is 32.6 Å². The molecular weight excluding hydrogens is 937 g/mol. The largest absolute Gasteiger partial charge is 0.493 e. The molecule has 2 aromatic carbocycles. The van der Waals surface area contributed by atoms with Crippen LogP contribution in [0.15, 0.2) is 24.3 Å². The van der Waals surface area contributed by atoms with Gasteiger partial charge in [-0.05, 0) is 138 Å². The van der Waals surface area contributed by atoms with Crippen molar-refractivity contribution in [2.75, 3.05) is 33.5 Å². The first-order valence-corrected chi connectivity index (χ1v) is 24.3. The second-order valence-electron chi connectivity index (χ2n) is 19.2. The van der Waals surface area contributed by atoms with E-state index in [1.165, 1.54) is 26.2 Å². The third-order valence-electron chi connectivity index (χ3n) is 8.96. The quantitative estimate of drug-likeness (QED) is 0.0347. The van der Waals surface area contributed by atoms with Crippen LogP contribution in [-0.2, 0) is 36.8 Å². The number of carboxylic acids is 1. The van der Waals surface area contributed by atoms with Gasteiger partial charge in [-0.3, -0.25) is 4.79 Å². The summed E-state index contributed by atoms with van der Waals surface area (Å²) >= 11 is 0. The number of aromatic carboxylic acids is 1. The van der Waals surface area contributed by atoms with E-state index < -0.39 is 35.3 Å². The number of unbranched alkanes of at least 4 members (excludes halogenated alkanes) is 8. The van der Waals surface area contributed by atoms with E-state index >= 15 is 0 Å². The summed E-state index contributed by atoms with van der Waals surface area (Å²) in [5.74, 6) is 10.0. The lowest BCUT2D eigenvalue weighted by Gasteiger charge is -2.21. The van der Waals surface area contributed by atoms with Gasteiger partial charge in [0.1, 0.15) is 39.8 Å². The lowest BCUT2D eigenvalue weighted by atomic mass is 10.1. The minimum Gasteiger partial charge on any atom is -0.493 e. The molecule has 0 aliphatic heterocycles. The molecule has 2 amide bonds. The second kappa shape index (κ2) is 35.9. The number of amides is 2. The molecular formula is C57H80N2O14. The minimum absolute atomic E-state index is 0.0308. The van der Waals surface area contributed by atoms with E-state index in [9.17, 15) is 29.1 Å². The molecule has 0 spiro atoms. The number of alkyl carbamates (subject to hydrolysis) is 2. The minimum atomic E-state index is -1.11. The molecule has 16 heteroatoms. The first kappa shape index (κ1) is 65.8. The number of rotatable bonds is 26. The van der Waals surface area contributed by atoms with Crippen LogP contribution >= 0.6 is 0 Å². The van der Waals surface area contributed by atoms with Gasteiger partial charge in [0.25, 0.3) is 0 Å². The number of esters is 2. The lowest BCUT2D eigenvalue weighted by Crippen LogP contribution is -2.32. The van der Waals surface area contributed by atoms with Gasteiger partial charge < -0.3 is 53.6 Å². The molecule has 0 aromatic heterocycles. The Morgan fingerprint density at radius 3 is 1.00 bits per heavy atom. The summed E-state index contributed by atoms with van der Waals surface area (Å²) in [4.78, 5) is 58.4. The highest BCUT2D eigenvalue weighted by atomic mass is 16.6. The molecule has 2 rings (SSSR count). The van der Waals surface area contributed by atoms with Crippen molar-refractivity contribution >= 4 is 30.1 Å². The highest BCUT2D eigenvalue weighted by molar-refractivity contribution is 5.91. The summed E-state index contributed by atoms with van der Waals surface area (Å²) in [5.41, 5.74) is -0.155. The molecule has 0 unspecified atom stereocenters. The van der Waals surface area contributed by atoms with Gasteiger partial charge in [0.15, 0.2) is 0 Å². The van der Waals surface area contributed by atoms with E-state index in [0.29, 0.717) is 99.1 Å². The molecule has 0 radical (unpaired) electrons. The number of methoxy groups -OCH3 is 1. The monoisotopic (exact) mass is 1020 g/mol. The van der Waals surface area contributed by atoms with Crippen molar-refractivity contribution in [2.24, 2.45) is 0 Å². The normalized spacial score (nSPS) is 10.6. The van der Waals surface area contributed by atoms with Gasteiger partial charge in [-0.15, -0.1) is 49.4 Å². The number of benzene rings is 2. The average Bonchev–Trinajstić information content (AvgIpc) is 3.28. The van der Waals surface area contributed by atoms with Crippen LogP contribution in [-0.4, -0.2) is 85.5 Å². The van der Waals surface area contributed by atoms with Crippen LogP contribution in [0.5, 0.6) is 23.0 Å². The molecule has 0 atom stereocenters. The standard InChI is InChI=1S/C26H35NO6.C25H33NO6.C6H12O2/c1-7-9-11-13-15-31-22-17-20(24(28)30-6)18-23(32-16-14-12-10-8-2)21(22)19-27-25(29)33-26(3,4)5;1-6-8-10-12-14-30-21-16-19(23(27)28)17-22(31-15-13-11-9-7-2)20(21)18-26-24(29)32-25(3,4)5;1-5(7)8-6(2,3)4/h1-2,17-18H,9-16,19H2,3-6H3,(H,27,29);1-2,16-17H,8-15,18H2,3-5H3,(H,26,29)(H,27,28);1-4H3. The van der Waals surface area contributed by atoms with Crippen LogP contribution in [0.4, 0.5) is 9.59 Å². The van der Waals surface area contributed by atoms with E-state index in [1.807, 2.05) is 20.8 Å². The fraction of sp³-hybridized carbons (Fsp3) is 0.561. The molecule has 3 N–H and O–H groups in total. The van der Waals surface area contributed by atoms with Crippen LogP contribution in [0, 0.1) is 49.4 Å². The van der Waals surface area contributed by atoms with Crippen molar-refractivity contribution in [1.82, 2.24) is 10.6 Å². The number of hydrogen-bond acceptors (Lipinski definition) is 13. The van der Waals surface area contributed by atoms with E-state index in [-0.39, 0.29) is 35.8 Å². The predicted octanol–water partition coefficient (Wildman–Crippen LogP) is 11.0. The molecule has 0 aliphatic carbocycles. The number of carboxylic acid groups (broad SMARTS) is 1. The van der Waals surface area contributed by atoms with Gasteiger partial charge in [-0.1, -0.05) is 0 Å². The van der Waals surface area contributed by atoms with Crippen molar-refractivity contribution in [3.05, 3.63) is 46.5 Å². The summed E-state index contributed by atoms with van der Waals surface area (Å²) in [6.45, 7) is 19.2. The van der Waals surface area contributed by atoms with Gasteiger partial charge >= 0.3 is 30.1 Å². The number of ether oxygens (including phenoxy) is 8. The predicted molar refractivity (Wildman–Crippen MR) is 282 cm³/mol. The zero-order valence-corrected chi connectivity index (χ0v) is 45.1. The molecule has 0 saturated heterocycles. The molecule has 402 valence electrons. The number of hydrogen-bond donors (Lipinski definition) is 3. The average molecular weight is 1020 g/mol. The Morgan fingerprint density at radius 1 is 0.493 bits per heavy atom. The number of carbonyl (C=O) groups is 5.